The number of carboxylic acid groups (broad SMARTS) is 1. The molecule has 0 aliphatic rings. The molecule has 2 aromatic heterocycles. The third kappa shape index (κ3) is 1.32. The van der Waals surface area contributed by atoms with E-state index in [-0.39, 0.29) is 11.4 Å². The Morgan fingerprint density at radius 1 is 1.53 bits per heavy atom. The van der Waals surface area contributed by atoms with E-state index in [4.69, 9.17) is 10.8 Å². The summed E-state index contributed by atoms with van der Waals surface area (Å²) in [6, 6.07) is 3.14. The fourth-order valence-corrected chi connectivity index (χ4v) is 1.35. The number of imidazole rings is 1. The van der Waals surface area contributed by atoms with Crippen LogP contribution in [0.15, 0.2) is 18.3 Å². The minimum atomic E-state index is -1.24. The number of aromatic carboxylic acids is 1. The van der Waals surface area contributed by atoms with Crippen LogP contribution in [-0.4, -0.2) is 26.7 Å². The van der Waals surface area contributed by atoms with E-state index in [0.717, 1.165) is 0 Å². The minimum absolute atomic E-state index is 0.00944. The molecule has 0 fully saturated rings. The van der Waals surface area contributed by atoms with E-state index in [1.807, 2.05) is 0 Å². The topological polar surface area (TPSA) is 97.7 Å². The molecule has 0 atom stereocenters. The molecule has 3 N–H and O–H groups in total. The molecular formula is C9H7N3O3. The molecule has 6 nitrogen and oxygen atoms in total. The standard InChI is InChI=1S/C9H7N3O3/c10-5-1-2-7-11-8(9(14)15)6(4-13)12(7)3-5/h1-4H,10H2,(H,14,15). The van der Waals surface area contributed by atoms with Crippen LogP contribution in [0.25, 0.3) is 5.65 Å². The highest BCUT2D eigenvalue weighted by Gasteiger charge is 2.17. The minimum Gasteiger partial charge on any atom is -0.476 e. The lowest BCUT2D eigenvalue weighted by molar-refractivity contribution is 0.0688. The average molecular weight is 205 g/mol. The summed E-state index contributed by atoms with van der Waals surface area (Å²) in [7, 11) is 0. The van der Waals surface area contributed by atoms with Crippen molar-refractivity contribution in [2.24, 2.45) is 0 Å². The van der Waals surface area contributed by atoms with Crippen LogP contribution in [0, 0.1) is 0 Å². The third-order valence-electron chi connectivity index (χ3n) is 1.99. The molecule has 0 aliphatic carbocycles. The number of aromatic nitrogens is 2. The highest BCUT2D eigenvalue weighted by atomic mass is 16.4. The highest BCUT2D eigenvalue weighted by molar-refractivity contribution is 5.95. The summed E-state index contributed by atoms with van der Waals surface area (Å²) >= 11 is 0. The van der Waals surface area contributed by atoms with E-state index in [1.54, 1.807) is 12.1 Å². The third-order valence-corrected chi connectivity index (χ3v) is 1.99. The van der Waals surface area contributed by atoms with Gasteiger partial charge in [-0.3, -0.25) is 9.20 Å². The van der Waals surface area contributed by atoms with E-state index >= 15 is 0 Å². The van der Waals surface area contributed by atoms with Crippen LogP contribution in [0.1, 0.15) is 21.0 Å². The Balaban J connectivity index is 2.85. The molecule has 0 bridgehead atoms. The van der Waals surface area contributed by atoms with Crippen molar-refractivity contribution < 1.29 is 14.7 Å². The maximum atomic E-state index is 10.8. The van der Waals surface area contributed by atoms with Crippen molar-refractivity contribution in [3.05, 3.63) is 29.7 Å². The molecule has 0 spiro atoms. The summed E-state index contributed by atoms with van der Waals surface area (Å²) in [6.07, 6.45) is 1.90. The van der Waals surface area contributed by atoms with Crippen molar-refractivity contribution in [2.45, 2.75) is 0 Å². The van der Waals surface area contributed by atoms with Gasteiger partial charge in [-0.25, -0.2) is 9.78 Å². The van der Waals surface area contributed by atoms with Crippen LogP contribution in [-0.2, 0) is 0 Å². The normalized spacial score (nSPS) is 10.4. The van der Waals surface area contributed by atoms with Gasteiger partial charge in [-0.15, -0.1) is 0 Å². The molecule has 2 heterocycles. The lowest BCUT2D eigenvalue weighted by atomic mass is 10.3. The first-order valence-electron chi connectivity index (χ1n) is 4.09. The maximum absolute atomic E-state index is 10.8. The van der Waals surface area contributed by atoms with Gasteiger partial charge >= 0.3 is 5.97 Å². The van der Waals surface area contributed by atoms with Crippen molar-refractivity contribution in [3.63, 3.8) is 0 Å². The van der Waals surface area contributed by atoms with Gasteiger partial charge in [0.25, 0.3) is 0 Å². The zero-order valence-corrected chi connectivity index (χ0v) is 7.54. The van der Waals surface area contributed by atoms with Gasteiger partial charge in [0.05, 0.1) is 0 Å². The second-order valence-electron chi connectivity index (χ2n) is 2.96. The van der Waals surface area contributed by atoms with Crippen LogP contribution in [0.3, 0.4) is 0 Å². The lowest BCUT2D eigenvalue weighted by Gasteiger charge is -1.96. The van der Waals surface area contributed by atoms with Crippen LogP contribution in [0.5, 0.6) is 0 Å². The number of carbonyl (C=O) groups excluding carboxylic acids is 1. The molecule has 2 aromatic rings. The molecule has 2 rings (SSSR count). The van der Waals surface area contributed by atoms with Crippen LogP contribution < -0.4 is 5.73 Å². The average Bonchev–Trinajstić information content (AvgIpc) is 2.55. The predicted octanol–water partition coefficient (Wildman–Crippen LogP) is 0.427. The number of nitrogens with zero attached hydrogens (tertiary/aromatic N) is 2. The number of hydrogen-bond donors (Lipinski definition) is 2. The lowest BCUT2D eigenvalue weighted by Crippen LogP contribution is -2.02. The first kappa shape index (κ1) is 9.20. The van der Waals surface area contributed by atoms with Gasteiger partial charge < -0.3 is 10.8 Å². The number of carboxylic acids is 1. The molecule has 0 unspecified atom stereocenters. The van der Waals surface area contributed by atoms with Crippen molar-refractivity contribution in [3.8, 4) is 0 Å². The molecule has 0 aromatic carbocycles. The number of fused-ring (bicyclic) bond motifs is 1. The van der Waals surface area contributed by atoms with Gasteiger partial charge in [-0.05, 0) is 12.1 Å². The number of carbonyl (C=O) groups is 2. The van der Waals surface area contributed by atoms with Gasteiger partial charge in [0.1, 0.15) is 11.3 Å². The second-order valence-corrected chi connectivity index (χ2v) is 2.96. The summed E-state index contributed by atoms with van der Waals surface area (Å²) in [6.45, 7) is 0. The molecular weight excluding hydrogens is 198 g/mol. The van der Waals surface area contributed by atoms with E-state index in [9.17, 15) is 9.59 Å². The van der Waals surface area contributed by atoms with Crippen molar-refractivity contribution >= 4 is 23.6 Å². The molecule has 0 aliphatic heterocycles. The number of hydrogen-bond acceptors (Lipinski definition) is 4. The first-order valence-corrected chi connectivity index (χ1v) is 4.09. The van der Waals surface area contributed by atoms with Crippen LogP contribution in [0.2, 0.25) is 0 Å². The van der Waals surface area contributed by atoms with Gasteiger partial charge in [-0.1, -0.05) is 0 Å². The second kappa shape index (κ2) is 3.09. The first-order chi connectivity index (χ1) is 7.13. The number of pyridine rings is 1. The summed E-state index contributed by atoms with van der Waals surface area (Å²) in [4.78, 5) is 25.3. The van der Waals surface area contributed by atoms with Gasteiger partial charge in [0.2, 0.25) is 0 Å². The summed E-state index contributed by atoms with van der Waals surface area (Å²) in [5, 5.41) is 8.80. The summed E-state index contributed by atoms with van der Waals surface area (Å²) < 4.78 is 1.35. The Kier molecular flexibility index (Phi) is 1.89. The molecule has 0 saturated carbocycles. The van der Waals surface area contributed by atoms with E-state index in [2.05, 4.69) is 4.98 Å². The molecule has 0 saturated heterocycles. The quantitative estimate of drug-likeness (QED) is 0.692. The number of aldehydes is 1. The Bertz CT molecular complexity index is 559. The zero-order valence-electron chi connectivity index (χ0n) is 7.54. The number of anilines is 1. The molecule has 0 amide bonds. The fraction of sp³-hybridized carbons (Fsp3) is 0. The van der Waals surface area contributed by atoms with Crippen LogP contribution >= 0.6 is 0 Å². The molecule has 76 valence electrons. The van der Waals surface area contributed by atoms with E-state index < -0.39 is 5.97 Å². The predicted molar refractivity (Wildman–Crippen MR) is 52.0 cm³/mol. The monoisotopic (exact) mass is 205 g/mol. The highest BCUT2D eigenvalue weighted by Crippen LogP contribution is 2.13. The van der Waals surface area contributed by atoms with Crippen LogP contribution in [0.4, 0.5) is 5.69 Å². The Morgan fingerprint density at radius 2 is 2.27 bits per heavy atom. The van der Waals surface area contributed by atoms with Crippen molar-refractivity contribution in [1.82, 2.24) is 9.38 Å². The van der Waals surface area contributed by atoms with Gasteiger partial charge in [0.15, 0.2) is 12.0 Å². The summed E-state index contributed by atoms with van der Waals surface area (Å²) in [5.41, 5.74) is 6.05. The largest absolute Gasteiger partial charge is 0.476 e. The zero-order chi connectivity index (χ0) is 11.0. The molecule has 6 heteroatoms. The van der Waals surface area contributed by atoms with Gasteiger partial charge in [0, 0.05) is 11.9 Å². The molecule has 0 radical (unpaired) electrons. The van der Waals surface area contributed by atoms with Crippen molar-refractivity contribution in [1.29, 1.82) is 0 Å². The SMILES string of the molecule is Nc1ccc2nc(C(=O)O)c(C=O)n2c1. The smallest absolute Gasteiger partial charge is 0.356 e. The van der Waals surface area contributed by atoms with E-state index in [0.29, 0.717) is 17.6 Å². The Hall–Kier alpha value is -2.37. The Labute approximate surface area is 84.0 Å². The van der Waals surface area contributed by atoms with E-state index in [1.165, 1.54) is 10.6 Å². The van der Waals surface area contributed by atoms with Gasteiger partial charge in [-0.2, -0.15) is 0 Å². The summed E-state index contributed by atoms with van der Waals surface area (Å²) in [5.74, 6) is -1.24. The number of nitrogens with two attached hydrogens (primary N) is 1. The number of nitrogen functional groups attached to an aromatic ring is 1. The molecule has 15 heavy (non-hydrogen) atoms. The number of rotatable bonds is 2. The maximum Gasteiger partial charge on any atom is 0.356 e. The Morgan fingerprint density at radius 3 is 2.87 bits per heavy atom. The fourth-order valence-electron chi connectivity index (χ4n) is 1.35. The van der Waals surface area contributed by atoms with Crippen molar-refractivity contribution in [2.75, 3.05) is 5.73 Å².